The molecule has 0 aliphatic heterocycles. The molecule has 4 nitrogen and oxygen atoms in total. The minimum Gasteiger partial charge on any atom is -0.497 e. The molecule has 0 saturated heterocycles. The summed E-state index contributed by atoms with van der Waals surface area (Å²) in [6.45, 7) is 0. The molecule has 78 valence electrons. The number of methoxy groups -OCH3 is 1. The van der Waals surface area contributed by atoms with Gasteiger partial charge in [-0.1, -0.05) is 6.07 Å². The first kappa shape index (κ1) is 9.58. The zero-order valence-corrected chi connectivity index (χ0v) is 8.68. The van der Waals surface area contributed by atoms with Gasteiger partial charge in [-0.15, -0.1) is 0 Å². The lowest BCUT2D eigenvalue weighted by Crippen LogP contribution is -1.93. The molecule has 0 atom stereocenters. The van der Waals surface area contributed by atoms with E-state index in [1.165, 1.54) is 0 Å². The molecular formula is C11H12N2O2. The fourth-order valence-electron chi connectivity index (χ4n) is 1.22. The zero-order valence-electron chi connectivity index (χ0n) is 8.68. The van der Waals surface area contributed by atoms with Gasteiger partial charge in [0.2, 0.25) is 0 Å². The lowest BCUT2D eigenvalue weighted by atomic mass is 10.3. The molecule has 0 amide bonds. The van der Waals surface area contributed by atoms with Gasteiger partial charge in [-0.05, 0) is 12.1 Å². The van der Waals surface area contributed by atoms with Crippen LogP contribution >= 0.6 is 0 Å². The van der Waals surface area contributed by atoms with E-state index in [0.717, 1.165) is 5.75 Å². The lowest BCUT2D eigenvalue weighted by molar-refractivity contribution is 0.400. The summed E-state index contributed by atoms with van der Waals surface area (Å²) >= 11 is 0. The number of aryl methyl sites for hydroxylation is 1. The molecule has 0 aliphatic rings. The van der Waals surface area contributed by atoms with Gasteiger partial charge in [-0.3, -0.25) is 0 Å². The number of hydrogen-bond acceptors (Lipinski definition) is 3. The van der Waals surface area contributed by atoms with E-state index >= 15 is 0 Å². The normalized spacial score (nSPS) is 10.0. The highest BCUT2D eigenvalue weighted by molar-refractivity contribution is 5.34. The van der Waals surface area contributed by atoms with Crippen molar-refractivity contribution in [1.82, 2.24) is 9.55 Å². The SMILES string of the molecule is COc1cccc(Oc2nccn2C)c1. The average molecular weight is 204 g/mol. The van der Waals surface area contributed by atoms with Crippen LogP contribution in [0.25, 0.3) is 0 Å². The Labute approximate surface area is 88.1 Å². The molecule has 1 aromatic heterocycles. The van der Waals surface area contributed by atoms with Crippen molar-refractivity contribution in [3.05, 3.63) is 36.7 Å². The van der Waals surface area contributed by atoms with E-state index in [4.69, 9.17) is 9.47 Å². The van der Waals surface area contributed by atoms with E-state index in [0.29, 0.717) is 11.8 Å². The first-order valence-corrected chi connectivity index (χ1v) is 4.59. The fraction of sp³-hybridized carbons (Fsp3) is 0.182. The maximum Gasteiger partial charge on any atom is 0.301 e. The van der Waals surface area contributed by atoms with Crippen LogP contribution in [0.15, 0.2) is 36.7 Å². The Kier molecular flexibility index (Phi) is 2.58. The maximum atomic E-state index is 5.56. The van der Waals surface area contributed by atoms with Gasteiger partial charge >= 0.3 is 6.01 Å². The molecule has 0 spiro atoms. The number of imidazole rings is 1. The Morgan fingerprint density at radius 2 is 2.07 bits per heavy atom. The van der Waals surface area contributed by atoms with Crippen LogP contribution in [0.5, 0.6) is 17.5 Å². The van der Waals surface area contributed by atoms with Gasteiger partial charge in [-0.2, -0.15) is 0 Å². The monoisotopic (exact) mass is 204 g/mol. The van der Waals surface area contributed by atoms with Crippen molar-refractivity contribution in [1.29, 1.82) is 0 Å². The van der Waals surface area contributed by atoms with Gasteiger partial charge in [0.15, 0.2) is 0 Å². The topological polar surface area (TPSA) is 36.3 Å². The van der Waals surface area contributed by atoms with Gasteiger partial charge in [0, 0.05) is 25.5 Å². The number of hydrogen-bond donors (Lipinski definition) is 0. The number of benzene rings is 1. The smallest absolute Gasteiger partial charge is 0.301 e. The van der Waals surface area contributed by atoms with Gasteiger partial charge in [0.25, 0.3) is 0 Å². The van der Waals surface area contributed by atoms with Crippen LogP contribution in [0, 0.1) is 0 Å². The molecule has 0 unspecified atom stereocenters. The molecule has 0 N–H and O–H groups in total. The van der Waals surface area contributed by atoms with Crippen LogP contribution in [0.4, 0.5) is 0 Å². The molecular weight excluding hydrogens is 192 g/mol. The van der Waals surface area contributed by atoms with Crippen LogP contribution in [0.1, 0.15) is 0 Å². The highest BCUT2D eigenvalue weighted by atomic mass is 16.5. The number of aromatic nitrogens is 2. The van der Waals surface area contributed by atoms with Crippen LogP contribution in [0.2, 0.25) is 0 Å². The fourth-order valence-corrected chi connectivity index (χ4v) is 1.22. The zero-order chi connectivity index (χ0) is 10.7. The third kappa shape index (κ3) is 2.10. The molecule has 0 aliphatic carbocycles. The van der Waals surface area contributed by atoms with E-state index in [2.05, 4.69) is 4.98 Å². The lowest BCUT2D eigenvalue weighted by Gasteiger charge is -2.06. The van der Waals surface area contributed by atoms with Crippen LogP contribution < -0.4 is 9.47 Å². The van der Waals surface area contributed by atoms with Crippen molar-refractivity contribution < 1.29 is 9.47 Å². The molecule has 1 aromatic carbocycles. The maximum absolute atomic E-state index is 5.56. The number of rotatable bonds is 3. The average Bonchev–Trinajstić information content (AvgIpc) is 2.65. The second kappa shape index (κ2) is 4.04. The Bertz CT molecular complexity index is 451. The Balaban J connectivity index is 2.21. The van der Waals surface area contributed by atoms with Crippen molar-refractivity contribution in [2.45, 2.75) is 0 Å². The van der Waals surface area contributed by atoms with Gasteiger partial charge in [0.05, 0.1) is 7.11 Å². The number of ether oxygens (including phenoxy) is 2. The second-order valence-corrected chi connectivity index (χ2v) is 3.10. The van der Waals surface area contributed by atoms with Crippen LogP contribution in [-0.4, -0.2) is 16.7 Å². The molecule has 4 heteroatoms. The third-order valence-corrected chi connectivity index (χ3v) is 2.03. The van der Waals surface area contributed by atoms with Crippen molar-refractivity contribution >= 4 is 0 Å². The predicted molar refractivity (Wildman–Crippen MR) is 56.3 cm³/mol. The molecule has 15 heavy (non-hydrogen) atoms. The van der Waals surface area contributed by atoms with Crippen molar-refractivity contribution in [3.63, 3.8) is 0 Å². The summed E-state index contributed by atoms with van der Waals surface area (Å²) in [6, 6.07) is 7.97. The summed E-state index contributed by atoms with van der Waals surface area (Å²) in [5.41, 5.74) is 0. The number of nitrogens with zero attached hydrogens (tertiary/aromatic N) is 2. The van der Waals surface area contributed by atoms with E-state index < -0.39 is 0 Å². The van der Waals surface area contributed by atoms with Crippen molar-refractivity contribution in [2.75, 3.05) is 7.11 Å². The Morgan fingerprint density at radius 1 is 1.27 bits per heavy atom. The predicted octanol–water partition coefficient (Wildman–Crippen LogP) is 2.22. The summed E-state index contributed by atoms with van der Waals surface area (Å²) in [5, 5.41) is 0. The van der Waals surface area contributed by atoms with Crippen LogP contribution in [0.3, 0.4) is 0 Å². The molecule has 0 bridgehead atoms. The third-order valence-electron chi connectivity index (χ3n) is 2.03. The highest BCUT2D eigenvalue weighted by Gasteiger charge is 2.02. The molecule has 2 aromatic rings. The second-order valence-electron chi connectivity index (χ2n) is 3.10. The molecule has 0 radical (unpaired) electrons. The standard InChI is InChI=1S/C11H12N2O2/c1-13-7-6-12-11(13)15-10-5-3-4-9(8-10)14-2/h3-8H,1-2H3. The van der Waals surface area contributed by atoms with E-state index in [1.54, 1.807) is 17.9 Å². The largest absolute Gasteiger partial charge is 0.497 e. The summed E-state index contributed by atoms with van der Waals surface area (Å²) in [6.07, 6.45) is 3.52. The van der Waals surface area contributed by atoms with Gasteiger partial charge < -0.3 is 14.0 Å². The molecule has 1 heterocycles. The first-order valence-electron chi connectivity index (χ1n) is 4.59. The molecule has 0 fully saturated rings. The summed E-state index contributed by atoms with van der Waals surface area (Å²) < 4.78 is 12.5. The first-order chi connectivity index (χ1) is 7.29. The Morgan fingerprint density at radius 3 is 2.73 bits per heavy atom. The van der Waals surface area contributed by atoms with E-state index in [1.807, 2.05) is 37.5 Å². The van der Waals surface area contributed by atoms with Crippen molar-refractivity contribution in [2.24, 2.45) is 7.05 Å². The summed E-state index contributed by atoms with van der Waals surface area (Å²) in [4.78, 5) is 4.07. The van der Waals surface area contributed by atoms with Crippen molar-refractivity contribution in [3.8, 4) is 17.5 Å². The van der Waals surface area contributed by atoms with Gasteiger partial charge in [-0.25, -0.2) is 4.98 Å². The van der Waals surface area contributed by atoms with Gasteiger partial charge in [0.1, 0.15) is 11.5 Å². The Hall–Kier alpha value is -1.97. The van der Waals surface area contributed by atoms with Crippen LogP contribution in [-0.2, 0) is 7.05 Å². The molecule has 2 rings (SSSR count). The minimum absolute atomic E-state index is 0.559. The molecule has 0 saturated carbocycles. The van der Waals surface area contributed by atoms with E-state index in [9.17, 15) is 0 Å². The quantitative estimate of drug-likeness (QED) is 0.769. The van der Waals surface area contributed by atoms with E-state index in [-0.39, 0.29) is 0 Å². The minimum atomic E-state index is 0.559. The highest BCUT2D eigenvalue weighted by Crippen LogP contribution is 2.23. The summed E-state index contributed by atoms with van der Waals surface area (Å²) in [7, 11) is 3.50. The summed E-state index contributed by atoms with van der Waals surface area (Å²) in [5.74, 6) is 1.48.